The molecule has 0 fully saturated rings. The van der Waals surface area contributed by atoms with Gasteiger partial charge in [0.25, 0.3) is 0 Å². The molecule has 0 saturated heterocycles. The SMILES string of the molecule is [2H][C@](C)(O)C(=O)[O-].[Na+]. The maximum absolute atomic E-state index is 9.47. The van der Waals surface area contributed by atoms with Crippen LogP contribution in [0.2, 0.25) is 0 Å². The van der Waals surface area contributed by atoms with E-state index in [1.165, 1.54) is 0 Å². The van der Waals surface area contributed by atoms with Crippen molar-refractivity contribution in [3.8, 4) is 0 Å². The van der Waals surface area contributed by atoms with Crippen molar-refractivity contribution in [2.24, 2.45) is 0 Å². The third-order valence-electron chi connectivity index (χ3n) is 0.295. The van der Waals surface area contributed by atoms with Crippen LogP contribution in [0.4, 0.5) is 0 Å². The number of aliphatic hydroxyl groups is 1. The zero-order chi connectivity index (χ0) is 6.08. The third-order valence-corrected chi connectivity index (χ3v) is 0.295. The van der Waals surface area contributed by atoms with Gasteiger partial charge in [0.15, 0.2) is 0 Å². The second-order valence-electron chi connectivity index (χ2n) is 0.873. The summed E-state index contributed by atoms with van der Waals surface area (Å²) in [6, 6.07) is 0. The number of carboxylic acid groups (broad SMARTS) is 1. The van der Waals surface area contributed by atoms with E-state index in [0.29, 0.717) is 0 Å². The molecule has 0 radical (unpaired) electrons. The summed E-state index contributed by atoms with van der Waals surface area (Å²) in [7, 11) is 0. The van der Waals surface area contributed by atoms with Gasteiger partial charge in [-0.05, 0) is 6.92 Å². The summed E-state index contributed by atoms with van der Waals surface area (Å²) >= 11 is 0. The van der Waals surface area contributed by atoms with Crippen LogP contribution in [0.5, 0.6) is 0 Å². The Kier molecular flexibility index (Phi) is 4.87. The molecule has 0 aliphatic carbocycles. The molecule has 0 saturated carbocycles. The summed E-state index contributed by atoms with van der Waals surface area (Å²) in [5.74, 6) is -1.78. The molecule has 0 spiro atoms. The van der Waals surface area contributed by atoms with Gasteiger partial charge in [-0.3, -0.25) is 0 Å². The zero-order valence-electron chi connectivity index (χ0n) is 5.26. The molecule has 0 amide bonds. The van der Waals surface area contributed by atoms with Gasteiger partial charge in [-0.15, -0.1) is 0 Å². The van der Waals surface area contributed by atoms with Crippen LogP contribution in [0.1, 0.15) is 8.29 Å². The Morgan fingerprint density at radius 3 is 2.29 bits per heavy atom. The van der Waals surface area contributed by atoms with Crippen LogP contribution in [0.3, 0.4) is 0 Å². The van der Waals surface area contributed by atoms with E-state index in [9.17, 15) is 9.90 Å². The predicted octanol–water partition coefficient (Wildman–Crippen LogP) is -4.88. The summed E-state index contributed by atoms with van der Waals surface area (Å²) < 4.78 is 6.28. The van der Waals surface area contributed by atoms with Crippen LogP contribution in [-0.4, -0.2) is 17.2 Å². The Balaban J connectivity index is 0. The minimum atomic E-state index is -2.44. The smallest absolute Gasteiger partial charge is 0.547 e. The minimum absolute atomic E-state index is 0. The average molecular weight is 113 g/mol. The number of carboxylic acids is 1. The van der Waals surface area contributed by atoms with Gasteiger partial charge >= 0.3 is 29.6 Å². The van der Waals surface area contributed by atoms with Gasteiger partial charge in [-0.1, -0.05) is 0 Å². The topological polar surface area (TPSA) is 60.4 Å². The van der Waals surface area contributed by atoms with Crippen molar-refractivity contribution in [2.45, 2.75) is 13.0 Å². The molecule has 0 aliphatic rings. The van der Waals surface area contributed by atoms with Gasteiger partial charge in [-0.25, -0.2) is 0 Å². The van der Waals surface area contributed by atoms with Gasteiger partial charge in [0, 0.05) is 0 Å². The quantitative estimate of drug-likeness (QED) is 0.347. The van der Waals surface area contributed by atoms with Crippen molar-refractivity contribution in [3.63, 3.8) is 0 Å². The first-order valence-corrected chi connectivity index (χ1v) is 1.38. The van der Waals surface area contributed by atoms with E-state index in [1.807, 2.05) is 0 Å². The molecule has 0 aromatic heterocycles. The van der Waals surface area contributed by atoms with Crippen LogP contribution < -0.4 is 34.7 Å². The monoisotopic (exact) mass is 113 g/mol. The fraction of sp³-hybridized carbons (Fsp3) is 0.667. The van der Waals surface area contributed by atoms with Crippen LogP contribution >= 0.6 is 0 Å². The Bertz CT molecular complexity index is 87.0. The number of rotatable bonds is 1. The van der Waals surface area contributed by atoms with Gasteiger partial charge in [-0.2, -0.15) is 0 Å². The van der Waals surface area contributed by atoms with Crippen molar-refractivity contribution < 1.29 is 45.9 Å². The van der Waals surface area contributed by atoms with Gasteiger partial charge in [0.05, 0.1) is 13.4 Å². The van der Waals surface area contributed by atoms with Crippen LogP contribution in [0, 0.1) is 0 Å². The molecular weight excluding hydrogens is 107 g/mol. The Morgan fingerprint density at radius 2 is 2.29 bits per heavy atom. The molecule has 0 aromatic carbocycles. The van der Waals surface area contributed by atoms with Crippen molar-refractivity contribution in [1.82, 2.24) is 0 Å². The number of hydrogen-bond acceptors (Lipinski definition) is 3. The molecule has 1 atom stereocenters. The first-order chi connectivity index (χ1) is 2.94. The maximum atomic E-state index is 9.47. The van der Waals surface area contributed by atoms with Crippen molar-refractivity contribution in [2.75, 3.05) is 0 Å². The van der Waals surface area contributed by atoms with Gasteiger partial charge < -0.3 is 15.0 Å². The van der Waals surface area contributed by atoms with E-state index in [0.717, 1.165) is 6.92 Å². The molecule has 7 heavy (non-hydrogen) atoms. The minimum Gasteiger partial charge on any atom is -0.547 e. The molecule has 0 unspecified atom stereocenters. The van der Waals surface area contributed by atoms with E-state index < -0.39 is 12.0 Å². The number of aliphatic carboxylic acids is 1. The molecule has 4 heteroatoms. The molecular formula is C3H5NaO3. The van der Waals surface area contributed by atoms with E-state index in [4.69, 9.17) is 6.48 Å². The summed E-state index contributed by atoms with van der Waals surface area (Å²) in [6.45, 7) is 0.822. The van der Waals surface area contributed by atoms with Crippen molar-refractivity contribution >= 4 is 5.97 Å². The Labute approximate surface area is 65.0 Å². The summed E-state index contributed by atoms with van der Waals surface area (Å²) in [6.07, 6.45) is -2.44. The molecule has 3 nitrogen and oxygen atoms in total. The normalized spacial score (nSPS) is 18.3. The predicted molar refractivity (Wildman–Crippen MR) is 16.7 cm³/mol. The third kappa shape index (κ3) is 6.43. The molecule has 0 bridgehead atoms. The summed E-state index contributed by atoms with van der Waals surface area (Å²) in [5.41, 5.74) is 0. The van der Waals surface area contributed by atoms with Gasteiger partial charge in [0.1, 0.15) is 0 Å². The zero-order valence-corrected chi connectivity index (χ0v) is 6.26. The molecule has 0 aromatic rings. The van der Waals surface area contributed by atoms with Crippen LogP contribution in [-0.2, 0) is 4.79 Å². The van der Waals surface area contributed by atoms with Crippen molar-refractivity contribution in [1.29, 1.82) is 0 Å². The van der Waals surface area contributed by atoms with E-state index in [1.54, 1.807) is 0 Å². The second kappa shape index (κ2) is 4.59. The first kappa shape index (κ1) is 7.43. The molecule has 0 aliphatic heterocycles. The summed E-state index contributed by atoms with van der Waals surface area (Å²) in [5, 5.41) is 17.6. The Morgan fingerprint density at radius 1 is 2.14 bits per heavy atom. The number of hydrogen-bond donors (Lipinski definition) is 1. The fourth-order valence-electron chi connectivity index (χ4n) is 0. The first-order valence-electron chi connectivity index (χ1n) is 1.88. The maximum Gasteiger partial charge on any atom is 1.00 e. The summed E-state index contributed by atoms with van der Waals surface area (Å²) in [4.78, 5) is 9.47. The fourth-order valence-corrected chi connectivity index (χ4v) is 0. The average Bonchev–Trinajstić information content (AvgIpc) is 1.31. The van der Waals surface area contributed by atoms with Crippen LogP contribution in [0.15, 0.2) is 0 Å². The Hall–Kier alpha value is 0.430. The van der Waals surface area contributed by atoms with E-state index in [-0.39, 0.29) is 29.6 Å². The van der Waals surface area contributed by atoms with Crippen molar-refractivity contribution in [3.05, 3.63) is 0 Å². The molecule has 36 valence electrons. The van der Waals surface area contributed by atoms with Gasteiger partial charge in [0.2, 0.25) is 0 Å². The molecule has 0 rings (SSSR count). The molecule has 1 N–H and O–H groups in total. The number of carbonyl (C=O) groups excluding carboxylic acids is 1. The second-order valence-corrected chi connectivity index (χ2v) is 0.873. The van der Waals surface area contributed by atoms with Crippen LogP contribution in [0.25, 0.3) is 0 Å². The van der Waals surface area contributed by atoms with E-state index >= 15 is 0 Å². The standard InChI is InChI=1S/C3H6O3.Na/c1-2(4)3(5)6;/h2,4H,1H3,(H,5,6);/q;+1/p-1/t2-;/m1./s1/i2D;. The molecule has 0 heterocycles. The van der Waals surface area contributed by atoms with E-state index in [2.05, 4.69) is 0 Å². The largest absolute Gasteiger partial charge is 1.00 e. The number of carbonyl (C=O) groups is 1.